The lowest BCUT2D eigenvalue weighted by atomic mass is 9.70. The van der Waals surface area contributed by atoms with E-state index in [1.54, 1.807) is 0 Å². The van der Waals surface area contributed by atoms with Crippen LogP contribution in [0.2, 0.25) is 0 Å². The molecule has 0 spiro atoms. The Morgan fingerprint density at radius 3 is 1.73 bits per heavy atom. The maximum atomic E-state index is 10.7. The van der Waals surface area contributed by atoms with Gasteiger partial charge < -0.3 is 10.5 Å². The molecule has 0 atom stereocenters. The van der Waals surface area contributed by atoms with Crippen LogP contribution in [0, 0.1) is 5.41 Å². The molecule has 0 aromatic rings. The monoisotopic (exact) mass is 157 g/mol. The van der Waals surface area contributed by atoms with Gasteiger partial charge in [0.15, 0.2) is 0 Å². The Balaban J connectivity index is 4.60. The SMILES string of the molecule is CCC(N)(CC)C(C)(C)C=O. The summed E-state index contributed by atoms with van der Waals surface area (Å²) in [4.78, 5) is 10.7. The van der Waals surface area contributed by atoms with E-state index in [2.05, 4.69) is 0 Å². The third-order valence-corrected chi connectivity index (χ3v) is 2.84. The Morgan fingerprint density at radius 1 is 1.27 bits per heavy atom. The Kier molecular flexibility index (Phi) is 3.24. The molecular weight excluding hydrogens is 138 g/mol. The lowest BCUT2D eigenvalue weighted by molar-refractivity contribution is -0.118. The van der Waals surface area contributed by atoms with Gasteiger partial charge in [0.05, 0.1) is 0 Å². The van der Waals surface area contributed by atoms with Gasteiger partial charge in [0, 0.05) is 11.0 Å². The van der Waals surface area contributed by atoms with E-state index in [0.717, 1.165) is 19.1 Å². The molecule has 0 aromatic heterocycles. The minimum absolute atomic E-state index is 0.339. The van der Waals surface area contributed by atoms with Crippen molar-refractivity contribution in [2.75, 3.05) is 0 Å². The van der Waals surface area contributed by atoms with Crippen molar-refractivity contribution in [1.82, 2.24) is 0 Å². The topological polar surface area (TPSA) is 43.1 Å². The Labute approximate surface area is 69.2 Å². The largest absolute Gasteiger partial charge is 0.324 e. The summed E-state index contributed by atoms with van der Waals surface area (Å²) in [6.07, 6.45) is 2.64. The smallest absolute Gasteiger partial charge is 0.127 e. The van der Waals surface area contributed by atoms with Gasteiger partial charge in [-0.1, -0.05) is 27.7 Å². The molecular formula is C9H19NO. The van der Waals surface area contributed by atoms with Crippen LogP contribution in [0.4, 0.5) is 0 Å². The van der Waals surface area contributed by atoms with E-state index in [4.69, 9.17) is 5.73 Å². The summed E-state index contributed by atoms with van der Waals surface area (Å²) in [6.45, 7) is 7.84. The molecule has 0 radical (unpaired) electrons. The van der Waals surface area contributed by atoms with E-state index in [9.17, 15) is 4.79 Å². The second kappa shape index (κ2) is 3.35. The molecule has 0 aliphatic carbocycles. The first kappa shape index (κ1) is 10.6. The Bertz CT molecular complexity index is 136. The molecule has 2 heteroatoms. The predicted octanol–water partition coefficient (Wildman–Crippen LogP) is 1.73. The van der Waals surface area contributed by atoms with Gasteiger partial charge in [-0.15, -0.1) is 0 Å². The summed E-state index contributed by atoms with van der Waals surface area (Å²) in [5, 5.41) is 0. The van der Waals surface area contributed by atoms with Crippen LogP contribution in [0.25, 0.3) is 0 Å². The van der Waals surface area contributed by atoms with Crippen molar-refractivity contribution in [2.24, 2.45) is 11.1 Å². The molecule has 2 nitrogen and oxygen atoms in total. The second-order valence-electron chi connectivity index (χ2n) is 3.70. The van der Waals surface area contributed by atoms with Crippen molar-refractivity contribution in [2.45, 2.75) is 46.1 Å². The fourth-order valence-corrected chi connectivity index (χ4v) is 1.28. The predicted molar refractivity (Wildman–Crippen MR) is 47.3 cm³/mol. The van der Waals surface area contributed by atoms with E-state index in [-0.39, 0.29) is 5.54 Å². The average molecular weight is 157 g/mol. The number of hydrogen-bond donors (Lipinski definition) is 1. The highest BCUT2D eigenvalue weighted by molar-refractivity contribution is 5.60. The molecule has 0 aromatic carbocycles. The lowest BCUT2D eigenvalue weighted by Gasteiger charge is -2.39. The van der Waals surface area contributed by atoms with Crippen LogP contribution >= 0.6 is 0 Å². The fraction of sp³-hybridized carbons (Fsp3) is 0.889. The standard InChI is InChI=1S/C9H19NO/c1-5-9(10,6-2)8(3,4)7-11/h7H,5-6,10H2,1-4H3. The van der Waals surface area contributed by atoms with Crippen molar-refractivity contribution >= 4 is 6.29 Å². The fourth-order valence-electron chi connectivity index (χ4n) is 1.28. The molecule has 0 unspecified atom stereocenters. The van der Waals surface area contributed by atoms with Crippen LogP contribution in [0.3, 0.4) is 0 Å². The minimum Gasteiger partial charge on any atom is -0.324 e. The van der Waals surface area contributed by atoms with Crippen LogP contribution in [-0.4, -0.2) is 11.8 Å². The summed E-state index contributed by atoms with van der Waals surface area (Å²) in [6, 6.07) is 0. The second-order valence-corrected chi connectivity index (χ2v) is 3.70. The molecule has 0 aliphatic heterocycles. The summed E-state index contributed by atoms with van der Waals surface area (Å²) in [5.41, 5.74) is 5.31. The van der Waals surface area contributed by atoms with Crippen molar-refractivity contribution in [3.8, 4) is 0 Å². The van der Waals surface area contributed by atoms with Gasteiger partial charge in [0.1, 0.15) is 6.29 Å². The zero-order valence-corrected chi connectivity index (χ0v) is 7.98. The summed E-state index contributed by atoms with van der Waals surface area (Å²) < 4.78 is 0. The molecule has 0 fully saturated rings. The first-order chi connectivity index (χ1) is 4.93. The van der Waals surface area contributed by atoms with E-state index in [1.807, 2.05) is 27.7 Å². The van der Waals surface area contributed by atoms with Gasteiger partial charge in [-0.05, 0) is 12.8 Å². The van der Waals surface area contributed by atoms with E-state index >= 15 is 0 Å². The van der Waals surface area contributed by atoms with Crippen molar-refractivity contribution in [3.63, 3.8) is 0 Å². The van der Waals surface area contributed by atoms with E-state index < -0.39 is 5.41 Å². The molecule has 0 amide bonds. The van der Waals surface area contributed by atoms with Gasteiger partial charge >= 0.3 is 0 Å². The van der Waals surface area contributed by atoms with Crippen LogP contribution in [0.15, 0.2) is 0 Å². The molecule has 2 N–H and O–H groups in total. The van der Waals surface area contributed by atoms with Crippen LogP contribution < -0.4 is 5.73 Å². The summed E-state index contributed by atoms with van der Waals surface area (Å²) in [7, 11) is 0. The summed E-state index contributed by atoms with van der Waals surface area (Å²) in [5.74, 6) is 0. The number of hydrogen-bond acceptors (Lipinski definition) is 2. The quantitative estimate of drug-likeness (QED) is 0.631. The molecule has 0 bridgehead atoms. The Hall–Kier alpha value is -0.370. The number of carbonyl (C=O) groups excluding carboxylic acids is 1. The first-order valence-electron chi connectivity index (χ1n) is 4.18. The zero-order valence-electron chi connectivity index (χ0n) is 7.98. The number of aldehydes is 1. The van der Waals surface area contributed by atoms with Gasteiger partial charge in [-0.25, -0.2) is 0 Å². The van der Waals surface area contributed by atoms with Gasteiger partial charge in [-0.2, -0.15) is 0 Å². The van der Waals surface area contributed by atoms with Crippen LogP contribution in [0.1, 0.15) is 40.5 Å². The van der Waals surface area contributed by atoms with Crippen molar-refractivity contribution in [1.29, 1.82) is 0 Å². The van der Waals surface area contributed by atoms with Gasteiger partial charge in [0.25, 0.3) is 0 Å². The molecule has 66 valence electrons. The third-order valence-electron chi connectivity index (χ3n) is 2.84. The van der Waals surface area contributed by atoms with Crippen LogP contribution in [0.5, 0.6) is 0 Å². The van der Waals surface area contributed by atoms with E-state index in [0.29, 0.717) is 0 Å². The molecule has 0 saturated carbocycles. The maximum absolute atomic E-state index is 10.7. The highest BCUT2D eigenvalue weighted by Crippen LogP contribution is 2.31. The van der Waals surface area contributed by atoms with Crippen LogP contribution in [-0.2, 0) is 4.79 Å². The van der Waals surface area contributed by atoms with Crippen molar-refractivity contribution < 1.29 is 4.79 Å². The lowest BCUT2D eigenvalue weighted by Crippen LogP contribution is -2.52. The molecule has 0 saturated heterocycles. The van der Waals surface area contributed by atoms with Gasteiger partial charge in [-0.3, -0.25) is 0 Å². The number of nitrogens with two attached hydrogens (primary N) is 1. The van der Waals surface area contributed by atoms with Gasteiger partial charge in [0.2, 0.25) is 0 Å². The summed E-state index contributed by atoms with van der Waals surface area (Å²) >= 11 is 0. The average Bonchev–Trinajstić information content (AvgIpc) is 2.02. The normalized spacial score (nSPS) is 13.2. The molecule has 0 heterocycles. The minimum atomic E-state index is -0.406. The van der Waals surface area contributed by atoms with Crippen molar-refractivity contribution in [3.05, 3.63) is 0 Å². The Morgan fingerprint density at radius 2 is 1.64 bits per heavy atom. The third kappa shape index (κ3) is 1.80. The number of carbonyl (C=O) groups is 1. The molecule has 0 aliphatic rings. The highest BCUT2D eigenvalue weighted by atomic mass is 16.1. The van der Waals surface area contributed by atoms with E-state index in [1.165, 1.54) is 0 Å². The molecule has 11 heavy (non-hydrogen) atoms. The zero-order chi connectivity index (χ0) is 9.12. The molecule has 0 rings (SSSR count). The highest BCUT2D eigenvalue weighted by Gasteiger charge is 2.38. The maximum Gasteiger partial charge on any atom is 0.127 e. The first-order valence-corrected chi connectivity index (χ1v) is 4.18. The number of rotatable bonds is 4.